The van der Waals surface area contributed by atoms with Crippen molar-refractivity contribution in [3.63, 3.8) is 0 Å². The van der Waals surface area contributed by atoms with Crippen LogP contribution in [0.4, 0.5) is 26.3 Å². The summed E-state index contributed by atoms with van der Waals surface area (Å²) in [5, 5.41) is 0. The molecule has 0 N–H and O–H groups in total. The van der Waals surface area contributed by atoms with Crippen LogP contribution < -0.4 is 0 Å². The molecule has 0 aromatic heterocycles. The average molecular weight is 310 g/mol. The van der Waals surface area contributed by atoms with Gasteiger partial charge in [0, 0.05) is 11.5 Å². The molecule has 0 atom stereocenters. The largest absolute Gasteiger partial charge is 0.417 e. The molecule has 2 rings (SSSR count). The molecule has 0 radical (unpaired) electrons. The van der Waals surface area contributed by atoms with Crippen LogP contribution in [0, 0.1) is 5.92 Å². The molecule has 0 heterocycles. The fourth-order valence-electron chi connectivity index (χ4n) is 2.58. The molecule has 1 saturated carbocycles. The zero-order valence-electron chi connectivity index (χ0n) is 10.8. The van der Waals surface area contributed by atoms with Gasteiger partial charge < -0.3 is 0 Å². The predicted molar refractivity (Wildman–Crippen MR) is 62.7 cm³/mol. The molecular weight excluding hydrogens is 298 g/mol. The Hall–Kier alpha value is -1.53. The lowest BCUT2D eigenvalue weighted by molar-refractivity contribution is -0.143. The summed E-state index contributed by atoms with van der Waals surface area (Å²) in [6, 6.07) is 1.19. The van der Waals surface area contributed by atoms with Gasteiger partial charge in [-0.05, 0) is 25.0 Å². The Balaban J connectivity index is 2.47. The van der Waals surface area contributed by atoms with Crippen LogP contribution in [-0.2, 0) is 12.4 Å². The topological polar surface area (TPSA) is 17.1 Å². The van der Waals surface area contributed by atoms with Crippen molar-refractivity contribution >= 4 is 5.78 Å². The second-order valence-corrected chi connectivity index (χ2v) is 5.10. The van der Waals surface area contributed by atoms with Crippen LogP contribution in [0.1, 0.15) is 47.2 Å². The SMILES string of the molecule is O=C(c1ccc(C(F)(F)F)cc1C(F)(F)F)C1CCCC1. The number of halogens is 6. The van der Waals surface area contributed by atoms with E-state index in [-0.39, 0.29) is 6.07 Å². The molecule has 1 aliphatic rings. The molecule has 0 unspecified atom stereocenters. The molecule has 1 aromatic rings. The lowest BCUT2D eigenvalue weighted by Crippen LogP contribution is -2.19. The molecule has 1 aromatic carbocycles. The highest BCUT2D eigenvalue weighted by atomic mass is 19.4. The minimum atomic E-state index is -5.00. The zero-order valence-corrected chi connectivity index (χ0v) is 10.8. The van der Waals surface area contributed by atoms with Gasteiger partial charge in [-0.15, -0.1) is 0 Å². The number of carbonyl (C=O) groups excluding carboxylic acids is 1. The van der Waals surface area contributed by atoms with Gasteiger partial charge in [0.2, 0.25) is 0 Å². The van der Waals surface area contributed by atoms with Crippen molar-refractivity contribution in [1.82, 2.24) is 0 Å². The Morgan fingerprint density at radius 1 is 0.952 bits per heavy atom. The van der Waals surface area contributed by atoms with Crippen molar-refractivity contribution in [3.05, 3.63) is 34.9 Å². The summed E-state index contributed by atoms with van der Waals surface area (Å²) in [6.45, 7) is 0. The normalized spacial score (nSPS) is 17.2. The van der Waals surface area contributed by atoms with Gasteiger partial charge in [0.1, 0.15) is 0 Å². The molecule has 21 heavy (non-hydrogen) atoms. The van der Waals surface area contributed by atoms with Crippen LogP contribution in [0.15, 0.2) is 18.2 Å². The van der Waals surface area contributed by atoms with E-state index < -0.39 is 40.7 Å². The smallest absolute Gasteiger partial charge is 0.294 e. The van der Waals surface area contributed by atoms with Crippen LogP contribution >= 0.6 is 0 Å². The van der Waals surface area contributed by atoms with Gasteiger partial charge in [-0.1, -0.05) is 18.9 Å². The second-order valence-electron chi connectivity index (χ2n) is 5.10. The summed E-state index contributed by atoms with van der Waals surface area (Å²) >= 11 is 0. The van der Waals surface area contributed by atoms with Gasteiger partial charge >= 0.3 is 12.4 Å². The van der Waals surface area contributed by atoms with E-state index in [4.69, 9.17) is 0 Å². The molecule has 0 spiro atoms. The van der Waals surface area contributed by atoms with Crippen molar-refractivity contribution in [2.45, 2.75) is 38.0 Å². The number of Topliss-reactive ketones (excluding diaryl/α,β-unsaturated/α-hetero) is 1. The van der Waals surface area contributed by atoms with Crippen molar-refractivity contribution in [3.8, 4) is 0 Å². The summed E-state index contributed by atoms with van der Waals surface area (Å²) in [5.41, 5.74) is -3.57. The Morgan fingerprint density at radius 2 is 1.52 bits per heavy atom. The lowest BCUT2D eigenvalue weighted by atomic mass is 9.91. The number of carbonyl (C=O) groups is 1. The van der Waals surface area contributed by atoms with E-state index in [1.807, 2.05) is 0 Å². The van der Waals surface area contributed by atoms with Crippen LogP contribution in [0.3, 0.4) is 0 Å². The van der Waals surface area contributed by atoms with E-state index in [0.29, 0.717) is 25.0 Å². The number of rotatable bonds is 2. The van der Waals surface area contributed by atoms with Gasteiger partial charge in [0.15, 0.2) is 5.78 Å². The Bertz CT molecular complexity index is 537. The quantitative estimate of drug-likeness (QED) is 0.549. The van der Waals surface area contributed by atoms with Crippen molar-refractivity contribution in [2.75, 3.05) is 0 Å². The van der Waals surface area contributed by atoms with Gasteiger partial charge in [0.05, 0.1) is 11.1 Å². The van der Waals surface area contributed by atoms with E-state index in [9.17, 15) is 31.1 Å². The van der Waals surface area contributed by atoms with Gasteiger partial charge in [-0.3, -0.25) is 4.79 Å². The summed E-state index contributed by atoms with van der Waals surface area (Å²) in [4.78, 5) is 12.1. The maximum absolute atomic E-state index is 12.9. The van der Waals surface area contributed by atoms with E-state index in [0.717, 1.165) is 12.8 Å². The summed E-state index contributed by atoms with van der Waals surface area (Å²) < 4.78 is 76.4. The highest BCUT2D eigenvalue weighted by Gasteiger charge is 2.40. The lowest BCUT2D eigenvalue weighted by Gasteiger charge is -2.17. The van der Waals surface area contributed by atoms with Crippen molar-refractivity contribution in [2.24, 2.45) is 5.92 Å². The van der Waals surface area contributed by atoms with E-state index >= 15 is 0 Å². The first kappa shape index (κ1) is 15.9. The fraction of sp³-hybridized carbons (Fsp3) is 0.500. The third-order valence-corrected chi connectivity index (χ3v) is 3.64. The highest BCUT2D eigenvalue weighted by Crippen LogP contribution is 2.39. The minimum absolute atomic E-state index is 0.0161. The number of benzene rings is 1. The third kappa shape index (κ3) is 3.39. The van der Waals surface area contributed by atoms with E-state index in [1.54, 1.807) is 0 Å². The predicted octanol–water partition coefficient (Wildman–Crippen LogP) is 5.10. The summed E-state index contributed by atoms with van der Waals surface area (Å²) in [7, 11) is 0. The van der Waals surface area contributed by atoms with Crippen LogP contribution in [0.25, 0.3) is 0 Å². The highest BCUT2D eigenvalue weighted by molar-refractivity contribution is 5.99. The molecule has 1 aliphatic carbocycles. The number of alkyl halides is 6. The minimum Gasteiger partial charge on any atom is -0.294 e. The van der Waals surface area contributed by atoms with Gasteiger partial charge in [0.25, 0.3) is 0 Å². The molecule has 0 amide bonds. The molecular formula is C14H12F6O. The molecule has 7 heteroatoms. The molecule has 1 nitrogen and oxygen atoms in total. The molecule has 1 fully saturated rings. The first-order valence-corrected chi connectivity index (χ1v) is 6.43. The molecule has 0 bridgehead atoms. The van der Waals surface area contributed by atoms with Gasteiger partial charge in [-0.25, -0.2) is 0 Å². The number of ketones is 1. The number of hydrogen-bond acceptors (Lipinski definition) is 1. The van der Waals surface area contributed by atoms with Gasteiger partial charge in [-0.2, -0.15) is 26.3 Å². The monoisotopic (exact) mass is 310 g/mol. The maximum Gasteiger partial charge on any atom is 0.417 e. The molecule has 0 saturated heterocycles. The Kier molecular flexibility index (Phi) is 4.04. The zero-order chi connectivity index (χ0) is 15.8. The average Bonchev–Trinajstić information content (AvgIpc) is 2.89. The standard InChI is InChI=1S/C14H12F6O/c15-13(16,17)9-5-6-10(11(7-9)14(18,19)20)12(21)8-3-1-2-4-8/h5-8H,1-4H2. The first-order chi connectivity index (χ1) is 9.60. The van der Waals surface area contributed by atoms with Crippen LogP contribution in [0.2, 0.25) is 0 Å². The van der Waals surface area contributed by atoms with Crippen LogP contribution in [-0.4, -0.2) is 5.78 Å². The van der Waals surface area contributed by atoms with Crippen molar-refractivity contribution in [1.29, 1.82) is 0 Å². The fourth-order valence-corrected chi connectivity index (χ4v) is 2.58. The van der Waals surface area contributed by atoms with Crippen LogP contribution in [0.5, 0.6) is 0 Å². The third-order valence-electron chi connectivity index (χ3n) is 3.64. The molecule has 0 aliphatic heterocycles. The number of hydrogen-bond donors (Lipinski definition) is 0. The van der Waals surface area contributed by atoms with E-state index in [2.05, 4.69) is 0 Å². The summed E-state index contributed by atoms with van der Waals surface area (Å²) in [5.74, 6) is -1.24. The Labute approximate surface area is 116 Å². The molecule has 116 valence electrons. The van der Waals surface area contributed by atoms with Crippen molar-refractivity contribution < 1.29 is 31.1 Å². The summed E-state index contributed by atoms with van der Waals surface area (Å²) in [6.07, 6.45) is -7.41. The second kappa shape index (κ2) is 5.35. The van der Waals surface area contributed by atoms with E-state index in [1.165, 1.54) is 0 Å². The Morgan fingerprint density at radius 3 is 2.00 bits per heavy atom. The maximum atomic E-state index is 12.9. The first-order valence-electron chi connectivity index (χ1n) is 6.43.